The van der Waals surface area contributed by atoms with Crippen LogP contribution in [0.3, 0.4) is 0 Å². The monoisotopic (exact) mass is 551 g/mol. The van der Waals surface area contributed by atoms with E-state index in [2.05, 4.69) is 78.7 Å². The van der Waals surface area contributed by atoms with E-state index in [1.54, 1.807) is 31.2 Å². The normalized spacial score (nSPS) is 10.4. The predicted molar refractivity (Wildman–Crippen MR) is 168 cm³/mol. The molecule has 5 aromatic carbocycles. The van der Waals surface area contributed by atoms with Gasteiger partial charge in [-0.05, 0) is 89.8 Å². The average Bonchev–Trinajstić information content (AvgIpc) is 3.03. The van der Waals surface area contributed by atoms with Gasteiger partial charge in [0, 0.05) is 28.7 Å². The summed E-state index contributed by atoms with van der Waals surface area (Å²) in [5.74, 6) is -0.0453. The van der Waals surface area contributed by atoms with Crippen LogP contribution in [-0.4, -0.2) is 11.9 Å². The Labute approximate surface area is 245 Å². The molecule has 0 saturated carbocycles. The Hall–Kier alpha value is -5.68. The zero-order chi connectivity index (χ0) is 29.5. The van der Waals surface area contributed by atoms with E-state index >= 15 is 0 Å². The minimum Gasteiger partial charge on any atom is -0.423 e. The second-order valence-electron chi connectivity index (χ2n) is 9.61. The molecule has 0 bridgehead atoms. The lowest BCUT2D eigenvalue weighted by molar-refractivity contribution is -0.130. The Bertz CT molecular complexity index is 1710. The van der Waals surface area contributed by atoms with Gasteiger partial charge in [-0.15, -0.1) is 0 Å². The average molecular weight is 552 g/mol. The van der Waals surface area contributed by atoms with Gasteiger partial charge in [-0.1, -0.05) is 79.9 Å². The van der Waals surface area contributed by atoms with Crippen molar-refractivity contribution in [2.24, 2.45) is 0 Å². The van der Waals surface area contributed by atoms with Crippen LogP contribution in [0.5, 0.6) is 11.5 Å². The van der Waals surface area contributed by atoms with Crippen molar-refractivity contribution in [1.29, 1.82) is 0 Å². The molecule has 0 heterocycles. The molecule has 0 aliphatic carbocycles. The van der Waals surface area contributed by atoms with Crippen molar-refractivity contribution in [1.82, 2.24) is 0 Å². The van der Waals surface area contributed by atoms with Gasteiger partial charge in [-0.2, -0.15) is 0 Å². The molecule has 0 amide bonds. The third-order valence-electron chi connectivity index (χ3n) is 6.58. The van der Waals surface area contributed by atoms with Gasteiger partial charge in [-0.25, -0.2) is 9.59 Å². The van der Waals surface area contributed by atoms with E-state index in [9.17, 15) is 9.59 Å². The predicted octanol–water partition coefficient (Wildman–Crippen LogP) is 9.06. The van der Waals surface area contributed by atoms with E-state index in [0.29, 0.717) is 17.1 Å². The maximum atomic E-state index is 12.0. The lowest BCUT2D eigenvalue weighted by Crippen LogP contribution is -2.11. The fourth-order valence-electron chi connectivity index (χ4n) is 4.41. The van der Waals surface area contributed by atoms with Crippen LogP contribution in [0.2, 0.25) is 0 Å². The quantitative estimate of drug-likeness (QED) is 0.104. The Morgan fingerprint density at radius 1 is 0.571 bits per heavy atom. The second-order valence-corrected chi connectivity index (χ2v) is 9.61. The first-order valence-corrected chi connectivity index (χ1v) is 13.4. The molecule has 0 aliphatic rings. The smallest absolute Gasteiger partial charge is 0.338 e. The zero-order valence-corrected chi connectivity index (χ0v) is 23.2. The van der Waals surface area contributed by atoms with E-state index in [1.807, 2.05) is 42.5 Å². The molecule has 5 nitrogen and oxygen atoms in total. The van der Waals surface area contributed by atoms with Crippen molar-refractivity contribution < 1.29 is 19.1 Å². The summed E-state index contributed by atoms with van der Waals surface area (Å²) in [5, 5.41) is 0. The van der Waals surface area contributed by atoms with Crippen molar-refractivity contribution >= 4 is 29.0 Å². The van der Waals surface area contributed by atoms with Crippen LogP contribution in [0.4, 0.5) is 17.1 Å². The number of anilines is 3. The molecule has 0 unspecified atom stereocenters. The fraction of sp³-hybridized carbons (Fsp3) is 0.0270. The summed E-state index contributed by atoms with van der Waals surface area (Å²) in [6, 6.07) is 41.6. The van der Waals surface area contributed by atoms with Gasteiger partial charge in [0.1, 0.15) is 11.5 Å². The fourth-order valence-corrected chi connectivity index (χ4v) is 4.41. The molecule has 5 heteroatoms. The van der Waals surface area contributed by atoms with E-state index in [-0.39, 0.29) is 0 Å². The first kappa shape index (κ1) is 27.9. The lowest BCUT2D eigenvalue weighted by atomic mass is 10.0. The number of rotatable bonds is 9. The highest BCUT2D eigenvalue weighted by Gasteiger charge is 2.14. The highest BCUT2D eigenvalue weighted by atomic mass is 16.5. The molecule has 0 radical (unpaired) electrons. The first-order valence-electron chi connectivity index (χ1n) is 13.4. The van der Waals surface area contributed by atoms with Crippen molar-refractivity contribution in [3.8, 4) is 33.8 Å². The topological polar surface area (TPSA) is 55.8 Å². The second kappa shape index (κ2) is 12.7. The highest BCUT2D eigenvalue weighted by molar-refractivity contribution is 5.89. The third-order valence-corrected chi connectivity index (χ3v) is 6.58. The minimum atomic E-state index is -0.494. The zero-order valence-electron chi connectivity index (χ0n) is 23.2. The molecule has 0 atom stereocenters. The Morgan fingerprint density at radius 2 is 0.952 bits per heavy atom. The van der Waals surface area contributed by atoms with E-state index < -0.39 is 11.9 Å². The molecule has 0 aliphatic heterocycles. The van der Waals surface area contributed by atoms with Gasteiger partial charge in [-0.3, -0.25) is 0 Å². The van der Waals surface area contributed by atoms with Crippen molar-refractivity contribution in [2.45, 2.75) is 6.92 Å². The number of carbonyl (C=O) groups excluding carboxylic acids is 2. The van der Waals surface area contributed by atoms with Gasteiger partial charge >= 0.3 is 11.9 Å². The van der Waals surface area contributed by atoms with Crippen molar-refractivity contribution in [3.63, 3.8) is 0 Å². The summed E-state index contributed by atoms with van der Waals surface area (Å²) in [7, 11) is 0. The lowest BCUT2D eigenvalue weighted by Gasteiger charge is -2.26. The maximum absolute atomic E-state index is 12.0. The molecule has 0 saturated heterocycles. The molecule has 42 heavy (non-hydrogen) atoms. The first-order chi connectivity index (χ1) is 20.4. The molecule has 206 valence electrons. The molecular formula is C37H29NO4. The van der Waals surface area contributed by atoms with Crippen LogP contribution in [0.15, 0.2) is 152 Å². The standard InChI is InChI=1S/C37H29NO4/c1-4-36(39)41-34-22-14-30(15-23-34)29-12-18-32(19-13-29)38(33-20-24-35(25-21-33)42-37(40)26(2)3)31-16-10-28(11-17-31)27-8-6-5-7-9-27/h4-25H,1-2H2,3H3. The van der Waals surface area contributed by atoms with Gasteiger partial charge < -0.3 is 14.4 Å². The summed E-state index contributed by atoms with van der Waals surface area (Å²) < 4.78 is 10.6. The van der Waals surface area contributed by atoms with Crippen LogP contribution in [0.1, 0.15) is 6.92 Å². The van der Waals surface area contributed by atoms with Crippen LogP contribution in [0, 0.1) is 0 Å². The maximum Gasteiger partial charge on any atom is 0.338 e. The number of hydrogen-bond donors (Lipinski definition) is 0. The summed E-state index contributed by atoms with van der Waals surface area (Å²) in [6.45, 7) is 8.69. The summed E-state index contributed by atoms with van der Waals surface area (Å²) in [4.78, 5) is 25.6. The number of benzene rings is 5. The largest absolute Gasteiger partial charge is 0.423 e. The molecule has 0 N–H and O–H groups in total. The molecule has 0 fully saturated rings. The third kappa shape index (κ3) is 6.54. The van der Waals surface area contributed by atoms with Crippen molar-refractivity contribution in [3.05, 3.63) is 152 Å². The summed E-state index contributed by atoms with van der Waals surface area (Å²) in [5.41, 5.74) is 7.44. The van der Waals surface area contributed by atoms with Crippen molar-refractivity contribution in [2.75, 3.05) is 4.90 Å². The van der Waals surface area contributed by atoms with Gasteiger partial charge in [0.25, 0.3) is 0 Å². The van der Waals surface area contributed by atoms with Crippen LogP contribution in [-0.2, 0) is 9.59 Å². The van der Waals surface area contributed by atoms with Gasteiger partial charge in [0.2, 0.25) is 0 Å². The minimum absolute atomic E-state index is 0.340. The Balaban J connectivity index is 1.46. The van der Waals surface area contributed by atoms with E-state index in [0.717, 1.165) is 45.4 Å². The van der Waals surface area contributed by atoms with Crippen LogP contribution < -0.4 is 14.4 Å². The number of nitrogens with zero attached hydrogens (tertiary/aromatic N) is 1. The molecule has 0 spiro atoms. The SMILES string of the molecule is C=CC(=O)Oc1ccc(-c2ccc(N(c3ccc(OC(=O)C(=C)C)cc3)c3ccc(-c4ccccc4)cc3)cc2)cc1. The number of ether oxygens (including phenoxy) is 2. The van der Waals surface area contributed by atoms with Gasteiger partial charge in [0.05, 0.1) is 0 Å². The highest BCUT2D eigenvalue weighted by Crippen LogP contribution is 2.37. The van der Waals surface area contributed by atoms with Crippen LogP contribution >= 0.6 is 0 Å². The van der Waals surface area contributed by atoms with Crippen LogP contribution in [0.25, 0.3) is 22.3 Å². The van der Waals surface area contributed by atoms with E-state index in [1.165, 1.54) is 0 Å². The molecule has 0 aromatic heterocycles. The molecule has 5 rings (SSSR count). The molecule has 5 aromatic rings. The Kier molecular flexibility index (Phi) is 8.40. The number of hydrogen-bond acceptors (Lipinski definition) is 5. The summed E-state index contributed by atoms with van der Waals surface area (Å²) in [6.07, 6.45) is 1.13. The summed E-state index contributed by atoms with van der Waals surface area (Å²) >= 11 is 0. The van der Waals surface area contributed by atoms with E-state index in [4.69, 9.17) is 9.47 Å². The Morgan fingerprint density at radius 3 is 1.40 bits per heavy atom. The molecular weight excluding hydrogens is 522 g/mol. The number of esters is 2. The number of carbonyl (C=O) groups is 2. The van der Waals surface area contributed by atoms with Gasteiger partial charge in [0.15, 0.2) is 0 Å².